The Morgan fingerprint density at radius 3 is 3.05 bits per heavy atom. The number of carbonyl (C=O) groups is 1. The zero-order chi connectivity index (χ0) is 13.7. The maximum Gasteiger partial charge on any atom is 0.272 e. The number of thiophene rings is 1. The van der Waals surface area contributed by atoms with Crippen LogP contribution in [0.4, 0.5) is 0 Å². The molecule has 100 valence electrons. The summed E-state index contributed by atoms with van der Waals surface area (Å²) in [4.78, 5) is 13.0. The molecule has 0 saturated heterocycles. The van der Waals surface area contributed by atoms with Gasteiger partial charge in [-0.15, -0.1) is 11.3 Å². The van der Waals surface area contributed by atoms with Gasteiger partial charge in [-0.05, 0) is 31.5 Å². The van der Waals surface area contributed by atoms with Crippen molar-refractivity contribution < 1.29 is 9.21 Å². The van der Waals surface area contributed by atoms with Crippen molar-refractivity contribution in [3.8, 4) is 0 Å². The van der Waals surface area contributed by atoms with Gasteiger partial charge in [-0.25, -0.2) is 5.43 Å². The Morgan fingerprint density at radius 1 is 1.53 bits per heavy atom. The van der Waals surface area contributed by atoms with Crippen LogP contribution in [0.25, 0.3) is 0 Å². The van der Waals surface area contributed by atoms with E-state index in [1.807, 2.05) is 24.4 Å². The summed E-state index contributed by atoms with van der Waals surface area (Å²) in [6.45, 7) is 3.98. The summed E-state index contributed by atoms with van der Waals surface area (Å²) in [7, 11) is 0. The Kier molecular flexibility index (Phi) is 4.52. The summed E-state index contributed by atoms with van der Waals surface area (Å²) in [6, 6.07) is 5.56. The lowest BCUT2D eigenvalue weighted by atomic mass is 10.2. The molecule has 2 aromatic rings. The lowest BCUT2D eigenvalue weighted by molar-refractivity contribution is 0.0955. The Balaban J connectivity index is 1.91. The third kappa shape index (κ3) is 3.79. The molecule has 0 aromatic carbocycles. The average Bonchev–Trinajstić information content (AvgIpc) is 2.99. The Bertz CT molecular complexity index is 584. The van der Waals surface area contributed by atoms with Gasteiger partial charge in [0, 0.05) is 10.3 Å². The van der Waals surface area contributed by atoms with Gasteiger partial charge in [0.15, 0.2) is 0 Å². The Hall–Kier alpha value is -1.88. The van der Waals surface area contributed by atoms with Crippen molar-refractivity contribution in [2.75, 3.05) is 0 Å². The molecule has 2 aromatic heterocycles. The highest BCUT2D eigenvalue weighted by Gasteiger charge is 2.07. The van der Waals surface area contributed by atoms with Crippen LogP contribution in [0, 0.1) is 6.92 Å². The molecular weight excluding hydrogens is 260 g/mol. The first-order chi connectivity index (χ1) is 9.19. The van der Waals surface area contributed by atoms with Crippen LogP contribution in [0.3, 0.4) is 0 Å². The third-order valence-corrected chi connectivity index (χ3v) is 3.53. The highest BCUT2D eigenvalue weighted by atomic mass is 32.1. The van der Waals surface area contributed by atoms with Crippen molar-refractivity contribution in [1.29, 1.82) is 0 Å². The number of nitrogens with zero attached hydrogens (tertiary/aromatic N) is 1. The van der Waals surface area contributed by atoms with Crippen LogP contribution in [0.1, 0.15) is 40.1 Å². The summed E-state index contributed by atoms with van der Waals surface area (Å²) in [5.74, 6) is 1.24. The number of nitrogens with one attached hydrogen (secondary N) is 1. The molecule has 2 rings (SSSR count). The fraction of sp³-hybridized carbons (Fsp3) is 0.286. The fourth-order valence-electron chi connectivity index (χ4n) is 1.62. The molecule has 5 heteroatoms. The monoisotopic (exact) mass is 276 g/mol. The first kappa shape index (κ1) is 13.5. The zero-order valence-electron chi connectivity index (χ0n) is 11.0. The van der Waals surface area contributed by atoms with E-state index in [1.165, 1.54) is 11.1 Å². The number of carbonyl (C=O) groups excluding carboxylic acids is 1. The molecule has 1 N–H and O–H groups in total. The molecule has 19 heavy (non-hydrogen) atoms. The van der Waals surface area contributed by atoms with Gasteiger partial charge in [-0.2, -0.15) is 5.10 Å². The molecule has 4 nitrogen and oxygen atoms in total. The van der Waals surface area contributed by atoms with Crippen molar-refractivity contribution >= 4 is 23.5 Å². The van der Waals surface area contributed by atoms with E-state index in [0.29, 0.717) is 11.3 Å². The van der Waals surface area contributed by atoms with Gasteiger partial charge in [0.05, 0.1) is 11.8 Å². The second-order valence-corrected chi connectivity index (χ2v) is 5.20. The van der Waals surface area contributed by atoms with Crippen LogP contribution >= 0.6 is 11.3 Å². The summed E-state index contributed by atoms with van der Waals surface area (Å²) in [5.41, 5.74) is 3.14. The van der Waals surface area contributed by atoms with Crippen molar-refractivity contribution in [3.63, 3.8) is 0 Å². The molecule has 0 fully saturated rings. The average molecular weight is 276 g/mol. The largest absolute Gasteiger partial charge is 0.460 e. The van der Waals surface area contributed by atoms with Crippen molar-refractivity contribution in [2.45, 2.75) is 26.7 Å². The highest BCUT2D eigenvalue weighted by molar-refractivity contribution is 7.10. The predicted octanol–water partition coefficient (Wildman–Crippen LogP) is 3.37. The van der Waals surface area contributed by atoms with Gasteiger partial charge in [0.1, 0.15) is 11.5 Å². The van der Waals surface area contributed by atoms with E-state index in [1.54, 1.807) is 17.4 Å². The first-order valence-corrected chi connectivity index (χ1v) is 7.04. The van der Waals surface area contributed by atoms with E-state index in [0.717, 1.165) is 18.6 Å². The van der Waals surface area contributed by atoms with Crippen molar-refractivity contribution in [2.24, 2.45) is 5.10 Å². The Morgan fingerprint density at radius 2 is 2.37 bits per heavy atom. The predicted molar refractivity (Wildman–Crippen MR) is 76.8 cm³/mol. The molecular formula is C14H16N2O2S. The second-order valence-electron chi connectivity index (χ2n) is 4.20. The number of furan rings is 1. The van der Waals surface area contributed by atoms with Gasteiger partial charge in [0.25, 0.3) is 5.91 Å². The van der Waals surface area contributed by atoms with Gasteiger partial charge in [-0.3, -0.25) is 4.79 Å². The van der Waals surface area contributed by atoms with Crippen LogP contribution in [0.5, 0.6) is 0 Å². The van der Waals surface area contributed by atoms with E-state index in [2.05, 4.69) is 17.5 Å². The Labute approximate surface area is 116 Å². The smallest absolute Gasteiger partial charge is 0.272 e. The maximum atomic E-state index is 11.8. The quantitative estimate of drug-likeness (QED) is 0.672. The summed E-state index contributed by atoms with van der Waals surface area (Å²) < 4.78 is 5.31. The maximum absolute atomic E-state index is 11.8. The molecule has 0 aliphatic rings. The summed E-state index contributed by atoms with van der Waals surface area (Å²) in [5, 5.41) is 5.73. The van der Waals surface area contributed by atoms with Crippen LogP contribution in [-0.2, 0) is 6.42 Å². The van der Waals surface area contributed by atoms with E-state index in [-0.39, 0.29) is 5.91 Å². The molecule has 0 radical (unpaired) electrons. The molecule has 0 spiro atoms. The molecule has 0 saturated carbocycles. The highest BCUT2D eigenvalue weighted by Crippen LogP contribution is 2.16. The topological polar surface area (TPSA) is 54.6 Å². The normalized spacial score (nSPS) is 11.1. The summed E-state index contributed by atoms with van der Waals surface area (Å²) >= 11 is 1.60. The number of rotatable bonds is 5. The second kappa shape index (κ2) is 6.33. The fourth-order valence-corrected chi connectivity index (χ4v) is 2.59. The number of amides is 1. The third-order valence-electron chi connectivity index (χ3n) is 2.53. The number of hydrogen-bond donors (Lipinski definition) is 1. The van der Waals surface area contributed by atoms with Crippen LogP contribution < -0.4 is 5.43 Å². The van der Waals surface area contributed by atoms with Crippen molar-refractivity contribution in [1.82, 2.24) is 5.43 Å². The summed E-state index contributed by atoms with van der Waals surface area (Å²) in [6.07, 6.45) is 3.58. The lowest BCUT2D eigenvalue weighted by Crippen LogP contribution is -2.16. The van der Waals surface area contributed by atoms with Gasteiger partial charge in [-0.1, -0.05) is 13.3 Å². The van der Waals surface area contributed by atoms with Crippen molar-refractivity contribution in [3.05, 3.63) is 45.5 Å². The molecule has 0 aliphatic carbocycles. The zero-order valence-corrected chi connectivity index (χ0v) is 11.8. The van der Waals surface area contributed by atoms with Crippen LogP contribution in [0.15, 0.2) is 33.1 Å². The van der Waals surface area contributed by atoms with E-state index in [9.17, 15) is 4.79 Å². The number of hydrogen-bond acceptors (Lipinski definition) is 4. The molecule has 0 atom stereocenters. The van der Waals surface area contributed by atoms with Gasteiger partial charge < -0.3 is 4.42 Å². The first-order valence-electron chi connectivity index (χ1n) is 6.16. The minimum absolute atomic E-state index is 0.196. The van der Waals surface area contributed by atoms with E-state index in [4.69, 9.17) is 4.42 Å². The molecule has 0 aliphatic heterocycles. The number of hydrazone groups is 1. The SMILES string of the molecule is CCCc1cc(C(=O)NN=Cc2ccc(C)o2)cs1. The van der Waals surface area contributed by atoms with Gasteiger partial charge >= 0.3 is 0 Å². The standard InChI is InChI=1S/C14H16N2O2S/c1-3-4-13-7-11(9-19-13)14(17)16-15-8-12-6-5-10(2)18-12/h5-9H,3-4H2,1-2H3,(H,16,17). The molecule has 0 bridgehead atoms. The molecule has 1 amide bonds. The minimum Gasteiger partial charge on any atom is -0.460 e. The van der Waals surface area contributed by atoms with Crippen LogP contribution in [-0.4, -0.2) is 12.1 Å². The van der Waals surface area contributed by atoms with E-state index < -0.39 is 0 Å². The van der Waals surface area contributed by atoms with Gasteiger partial charge in [0.2, 0.25) is 0 Å². The lowest BCUT2D eigenvalue weighted by Gasteiger charge is -1.95. The molecule has 2 heterocycles. The van der Waals surface area contributed by atoms with E-state index >= 15 is 0 Å². The van der Waals surface area contributed by atoms with Crippen LogP contribution in [0.2, 0.25) is 0 Å². The minimum atomic E-state index is -0.196. The number of aryl methyl sites for hydroxylation is 2. The molecule has 0 unspecified atom stereocenters.